The molecule has 0 aromatic carbocycles. The molecule has 0 spiro atoms. The summed E-state index contributed by atoms with van der Waals surface area (Å²) in [6.45, 7) is 5.85. The second kappa shape index (κ2) is 7.14. The van der Waals surface area contributed by atoms with Crippen molar-refractivity contribution in [3.05, 3.63) is 48.1 Å². The van der Waals surface area contributed by atoms with Crippen LogP contribution in [0.4, 0.5) is 4.39 Å². The van der Waals surface area contributed by atoms with Gasteiger partial charge in [0.1, 0.15) is 11.6 Å². The maximum absolute atomic E-state index is 13.9. The number of halogens is 1. The zero-order valence-electron chi connectivity index (χ0n) is 12.0. The number of imidazole rings is 1. The van der Waals surface area contributed by atoms with Gasteiger partial charge in [0.25, 0.3) is 0 Å². The Kier molecular flexibility index (Phi) is 5.24. The van der Waals surface area contributed by atoms with Crippen LogP contribution in [0.25, 0.3) is 0 Å². The van der Waals surface area contributed by atoms with Crippen LogP contribution in [0.15, 0.2) is 30.7 Å². The largest absolute Gasteiger partial charge is 0.335 e. The molecule has 1 unspecified atom stereocenters. The Balaban J connectivity index is 2.22. The number of nitrogens with zero attached hydrogens (tertiary/aromatic N) is 3. The molecule has 0 radical (unpaired) electrons. The van der Waals surface area contributed by atoms with Crippen LogP contribution in [0.5, 0.6) is 0 Å². The summed E-state index contributed by atoms with van der Waals surface area (Å²) in [5, 5.41) is 3.36. The Morgan fingerprint density at radius 3 is 2.85 bits per heavy atom. The van der Waals surface area contributed by atoms with Gasteiger partial charge in [0, 0.05) is 31.6 Å². The third kappa shape index (κ3) is 3.42. The van der Waals surface area contributed by atoms with E-state index in [1.165, 1.54) is 6.07 Å². The van der Waals surface area contributed by atoms with Crippen molar-refractivity contribution in [1.29, 1.82) is 0 Å². The van der Waals surface area contributed by atoms with E-state index in [0.717, 1.165) is 25.3 Å². The minimum Gasteiger partial charge on any atom is -0.335 e. The van der Waals surface area contributed by atoms with Crippen LogP contribution < -0.4 is 5.32 Å². The molecule has 0 saturated heterocycles. The molecule has 0 bridgehead atoms. The first-order valence-electron chi connectivity index (χ1n) is 7.10. The molecular formula is C15H21FN4. The summed E-state index contributed by atoms with van der Waals surface area (Å²) in [6.07, 6.45) is 6.98. The zero-order chi connectivity index (χ0) is 14.4. The monoisotopic (exact) mass is 276 g/mol. The molecule has 0 aliphatic heterocycles. The minimum atomic E-state index is -0.268. The van der Waals surface area contributed by atoms with Crippen LogP contribution in [0.2, 0.25) is 0 Å². The molecule has 2 heterocycles. The van der Waals surface area contributed by atoms with Crippen molar-refractivity contribution in [3.8, 4) is 0 Å². The highest BCUT2D eigenvalue weighted by atomic mass is 19.1. The lowest BCUT2D eigenvalue weighted by atomic mass is 10.1. The molecule has 0 saturated carbocycles. The van der Waals surface area contributed by atoms with E-state index in [-0.39, 0.29) is 11.9 Å². The highest BCUT2D eigenvalue weighted by molar-refractivity contribution is 5.14. The first-order valence-corrected chi connectivity index (χ1v) is 7.10. The first kappa shape index (κ1) is 14.7. The average molecular weight is 276 g/mol. The number of pyridine rings is 1. The molecule has 108 valence electrons. The van der Waals surface area contributed by atoms with Crippen LogP contribution in [0, 0.1) is 5.82 Å². The Bertz CT molecular complexity index is 538. The molecule has 0 aliphatic rings. The van der Waals surface area contributed by atoms with Crippen molar-refractivity contribution in [2.75, 3.05) is 6.54 Å². The number of rotatable bonds is 7. The Morgan fingerprint density at radius 1 is 1.30 bits per heavy atom. The lowest BCUT2D eigenvalue weighted by molar-refractivity contribution is 0.468. The zero-order valence-corrected chi connectivity index (χ0v) is 12.0. The van der Waals surface area contributed by atoms with E-state index in [9.17, 15) is 4.39 Å². The Morgan fingerprint density at radius 2 is 2.15 bits per heavy atom. The highest BCUT2D eigenvalue weighted by Gasteiger charge is 2.19. The lowest BCUT2D eigenvalue weighted by Crippen LogP contribution is -2.27. The fourth-order valence-corrected chi connectivity index (χ4v) is 2.24. The van der Waals surface area contributed by atoms with Gasteiger partial charge < -0.3 is 9.88 Å². The minimum absolute atomic E-state index is 0.149. The van der Waals surface area contributed by atoms with Gasteiger partial charge in [-0.15, -0.1) is 0 Å². The molecule has 1 atom stereocenters. The van der Waals surface area contributed by atoms with Gasteiger partial charge in [-0.25, -0.2) is 9.37 Å². The van der Waals surface area contributed by atoms with E-state index in [1.807, 2.05) is 6.20 Å². The van der Waals surface area contributed by atoms with Gasteiger partial charge in [0.2, 0.25) is 0 Å². The molecule has 2 aromatic rings. The topological polar surface area (TPSA) is 42.7 Å². The van der Waals surface area contributed by atoms with E-state index in [1.54, 1.807) is 18.5 Å². The van der Waals surface area contributed by atoms with E-state index in [0.29, 0.717) is 12.1 Å². The van der Waals surface area contributed by atoms with Gasteiger partial charge in [-0.3, -0.25) is 4.98 Å². The Labute approximate surface area is 119 Å². The van der Waals surface area contributed by atoms with Crippen LogP contribution in [-0.4, -0.2) is 21.1 Å². The third-order valence-electron chi connectivity index (χ3n) is 3.29. The molecular weight excluding hydrogens is 255 g/mol. The summed E-state index contributed by atoms with van der Waals surface area (Å²) in [7, 11) is 0. The summed E-state index contributed by atoms with van der Waals surface area (Å²) < 4.78 is 16.0. The van der Waals surface area contributed by atoms with Crippen LogP contribution >= 0.6 is 0 Å². The maximum Gasteiger partial charge on any atom is 0.146 e. The number of aryl methyl sites for hydroxylation is 1. The number of aromatic nitrogens is 3. The van der Waals surface area contributed by atoms with E-state index in [2.05, 4.69) is 33.7 Å². The molecule has 4 nitrogen and oxygen atoms in total. The third-order valence-corrected chi connectivity index (χ3v) is 3.29. The smallest absolute Gasteiger partial charge is 0.146 e. The average Bonchev–Trinajstić information content (AvgIpc) is 2.91. The second-order valence-corrected chi connectivity index (χ2v) is 4.71. The SMILES string of the molecule is CCCNC(Cc1nccn1CC)c1ncccc1F. The van der Waals surface area contributed by atoms with E-state index < -0.39 is 0 Å². The normalized spacial score (nSPS) is 12.6. The van der Waals surface area contributed by atoms with Crippen molar-refractivity contribution < 1.29 is 4.39 Å². The van der Waals surface area contributed by atoms with Crippen LogP contribution in [0.1, 0.15) is 37.8 Å². The fraction of sp³-hybridized carbons (Fsp3) is 0.467. The van der Waals surface area contributed by atoms with Crippen molar-refractivity contribution in [2.45, 2.75) is 39.3 Å². The summed E-state index contributed by atoms with van der Waals surface area (Å²) in [5.41, 5.74) is 0.464. The van der Waals surface area contributed by atoms with Crippen LogP contribution in [-0.2, 0) is 13.0 Å². The lowest BCUT2D eigenvalue weighted by Gasteiger charge is -2.18. The molecule has 20 heavy (non-hydrogen) atoms. The summed E-state index contributed by atoms with van der Waals surface area (Å²) in [5.74, 6) is 0.682. The van der Waals surface area contributed by atoms with E-state index in [4.69, 9.17) is 0 Å². The molecule has 2 rings (SSSR count). The summed E-state index contributed by atoms with van der Waals surface area (Å²) in [4.78, 5) is 8.56. The quantitative estimate of drug-likeness (QED) is 0.845. The summed E-state index contributed by atoms with van der Waals surface area (Å²) >= 11 is 0. The molecule has 0 aliphatic carbocycles. The maximum atomic E-state index is 13.9. The fourth-order valence-electron chi connectivity index (χ4n) is 2.24. The molecule has 0 amide bonds. The van der Waals surface area contributed by atoms with Gasteiger partial charge >= 0.3 is 0 Å². The van der Waals surface area contributed by atoms with Crippen molar-refractivity contribution in [1.82, 2.24) is 19.9 Å². The van der Waals surface area contributed by atoms with Gasteiger partial charge in [-0.2, -0.15) is 0 Å². The van der Waals surface area contributed by atoms with Crippen molar-refractivity contribution in [2.24, 2.45) is 0 Å². The van der Waals surface area contributed by atoms with Gasteiger partial charge in [-0.05, 0) is 32.0 Å². The van der Waals surface area contributed by atoms with E-state index >= 15 is 0 Å². The number of nitrogens with one attached hydrogen (secondary N) is 1. The highest BCUT2D eigenvalue weighted by Crippen LogP contribution is 2.18. The van der Waals surface area contributed by atoms with Gasteiger partial charge in [0.15, 0.2) is 0 Å². The molecule has 2 aromatic heterocycles. The van der Waals surface area contributed by atoms with Crippen molar-refractivity contribution >= 4 is 0 Å². The molecule has 0 fully saturated rings. The predicted molar refractivity (Wildman–Crippen MR) is 76.8 cm³/mol. The van der Waals surface area contributed by atoms with Gasteiger partial charge in [0.05, 0.1) is 11.7 Å². The van der Waals surface area contributed by atoms with Gasteiger partial charge in [-0.1, -0.05) is 6.92 Å². The molecule has 5 heteroatoms. The summed E-state index contributed by atoms with van der Waals surface area (Å²) in [6, 6.07) is 2.92. The van der Waals surface area contributed by atoms with Crippen LogP contribution in [0.3, 0.4) is 0 Å². The first-order chi connectivity index (χ1) is 9.76. The number of hydrogen-bond acceptors (Lipinski definition) is 3. The standard InChI is InChI=1S/C15H21FN4/c1-3-7-17-13(15-12(16)6-5-8-19-15)11-14-18-9-10-20(14)4-2/h5-6,8-10,13,17H,3-4,7,11H2,1-2H3. The predicted octanol–water partition coefficient (Wildman–Crippen LogP) is 2.72. The number of hydrogen-bond donors (Lipinski definition) is 1. The molecule has 1 N–H and O–H groups in total. The second-order valence-electron chi connectivity index (χ2n) is 4.71. The van der Waals surface area contributed by atoms with Crippen molar-refractivity contribution in [3.63, 3.8) is 0 Å². The Hall–Kier alpha value is -1.75.